The third-order valence-electron chi connectivity index (χ3n) is 1.76. The zero-order valence-electron chi connectivity index (χ0n) is 8.17. The normalized spacial score (nSPS) is 8.88. The Kier molecular flexibility index (Phi) is 3.82. The zero-order chi connectivity index (χ0) is 12.0. The van der Waals surface area contributed by atoms with Crippen LogP contribution >= 0.6 is 0 Å². The van der Waals surface area contributed by atoms with Gasteiger partial charge in [-0.25, -0.2) is 0 Å². The molecule has 1 aromatic heterocycles. The van der Waals surface area contributed by atoms with Gasteiger partial charge in [0, 0.05) is 0 Å². The molecule has 1 heterocycles. The Balaban J connectivity index is 3.12. The molecular weight excluding hydrogens is 208 g/mol. The number of hydrogen-bond donors (Lipinski definition) is 0. The topological polar surface area (TPSA) is 108 Å². The van der Waals surface area contributed by atoms with Gasteiger partial charge in [-0.15, -0.1) is 5.10 Å². The maximum atomic E-state index is 11.4. The molecule has 1 aromatic rings. The average molecular weight is 214 g/mol. The van der Waals surface area contributed by atoms with Crippen molar-refractivity contribution in [2.75, 3.05) is 0 Å². The molecule has 78 valence electrons. The van der Waals surface area contributed by atoms with Gasteiger partial charge in [0.1, 0.15) is 12.1 Å². The van der Waals surface area contributed by atoms with Gasteiger partial charge in [0.2, 0.25) is 0 Å². The Morgan fingerprint density at radius 1 is 1.19 bits per heavy atom. The van der Waals surface area contributed by atoms with Crippen LogP contribution in [-0.4, -0.2) is 21.8 Å². The number of hydrogen-bond acceptors (Lipinski definition) is 6. The van der Waals surface area contributed by atoms with E-state index in [9.17, 15) is 9.59 Å². The van der Waals surface area contributed by atoms with Crippen LogP contribution in [0.4, 0.5) is 0 Å². The maximum absolute atomic E-state index is 11.4. The summed E-state index contributed by atoms with van der Waals surface area (Å²) in [5, 5.41) is 23.8. The molecule has 0 bridgehead atoms. The van der Waals surface area contributed by atoms with E-state index in [1.807, 2.05) is 0 Å². The summed E-state index contributed by atoms with van der Waals surface area (Å²) in [5.74, 6) is -1.07. The second-order valence-electron chi connectivity index (χ2n) is 2.81. The van der Waals surface area contributed by atoms with E-state index < -0.39 is 11.6 Å². The first-order valence-electron chi connectivity index (χ1n) is 4.32. The third-order valence-corrected chi connectivity index (χ3v) is 1.76. The van der Waals surface area contributed by atoms with Gasteiger partial charge >= 0.3 is 0 Å². The number of carbonyl (C=O) groups is 2. The summed E-state index contributed by atoms with van der Waals surface area (Å²) in [6.45, 7) is 0. The van der Waals surface area contributed by atoms with Gasteiger partial charge < -0.3 is 0 Å². The lowest BCUT2D eigenvalue weighted by molar-refractivity contribution is 0.0960. The fourth-order valence-electron chi connectivity index (χ4n) is 1.09. The van der Waals surface area contributed by atoms with Gasteiger partial charge in [0.15, 0.2) is 11.6 Å². The van der Waals surface area contributed by atoms with Crippen LogP contribution in [0.1, 0.15) is 33.7 Å². The molecule has 6 nitrogen and oxygen atoms in total. The molecule has 0 aliphatic rings. The number of carbonyl (C=O) groups excluding carboxylic acids is 2. The summed E-state index contributed by atoms with van der Waals surface area (Å²) >= 11 is 0. The molecule has 1 rings (SSSR count). The third kappa shape index (κ3) is 2.46. The number of Topliss-reactive ketones (excluding diaryl/α,β-unsaturated/α-hetero) is 2. The number of nitrogens with zero attached hydrogens (tertiary/aromatic N) is 4. The van der Waals surface area contributed by atoms with Crippen molar-refractivity contribution in [2.24, 2.45) is 0 Å². The van der Waals surface area contributed by atoms with E-state index in [4.69, 9.17) is 10.5 Å². The SMILES string of the molecule is N#CCC(=O)c1ccnnc1C(=O)CC#N. The molecular formula is C10H6N4O2. The number of ketones is 2. The van der Waals surface area contributed by atoms with Crippen LogP contribution in [-0.2, 0) is 0 Å². The van der Waals surface area contributed by atoms with Crippen LogP contribution in [0.15, 0.2) is 12.3 Å². The molecule has 0 aromatic carbocycles. The van der Waals surface area contributed by atoms with E-state index in [0.717, 1.165) is 0 Å². The highest BCUT2D eigenvalue weighted by Crippen LogP contribution is 2.09. The van der Waals surface area contributed by atoms with Crippen molar-refractivity contribution in [3.63, 3.8) is 0 Å². The average Bonchev–Trinajstić information content (AvgIpc) is 2.30. The smallest absolute Gasteiger partial charge is 0.197 e. The highest BCUT2D eigenvalue weighted by atomic mass is 16.1. The molecule has 0 N–H and O–H groups in total. The fourth-order valence-corrected chi connectivity index (χ4v) is 1.09. The molecule has 0 atom stereocenters. The quantitative estimate of drug-likeness (QED) is 0.681. The zero-order valence-corrected chi connectivity index (χ0v) is 8.17. The number of rotatable bonds is 4. The minimum Gasteiger partial charge on any atom is -0.293 e. The summed E-state index contributed by atoms with van der Waals surface area (Å²) in [7, 11) is 0. The monoisotopic (exact) mass is 214 g/mol. The maximum Gasteiger partial charge on any atom is 0.197 e. The lowest BCUT2D eigenvalue weighted by atomic mass is 10.0. The Bertz CT molecular complexity index is 463. The first kappa shape index (κ1) is 11.5. The van der Waals surface area contributed by atoms with E-state index in [0.29, 0.717) is 0 Å². The van der Waals surface area contributed by atoms with Crippen LogP contribution in [0.3, 0.4) is 0 Å². The largest absolute Gasteiger partial charge is 0.293 e. The van der Waals surface area contributed by atoms with Gasteiger partial charge in [0.25, 0.3) is 0 Å². The first-order chi connectivity index (χ1) is 7.70. The van der Waals surface area contributed by atoms with E-state index in [1.54, 1.807) is 12.1 Å². The highest BCUT2D eigenvalue weighted by molar-refractivity contribution is 6.08. The van der Waals surface area contributed by atoms with E-state index in [1.165, 1.54) is 12.3 Å². The van der Waals surface area contributed by atoms with Crippen molar-refractivity contribution in [3.8, 4) is 12.1 Å². The lowest BCUT2D eigenvalue weighted by Gasteiger charge is -2.01. The van der Waals surface area contributed by atoms with Crippen LogP contribution in [0.2, 0.25) is 0 Å². The molecule has 0 fully saturated rings. The van der Waals surface area contributed by atoms with Gasteiger partial charge in [-0.05, 0) is 6.07 Å². The van der Waals surface area contributed by atoms with Crippen LogP contribution < -0.4 is 0 Å². The number of aromatic nitrogens is 2. The molecule has 0 saturated carbocycles. The Morgan fingerprint density at radius 3 is 2.44 bits per heavy atom. The van der Waals surface area contributed by atoms with E-state index in [-0.39, 0.29) is 24.1 Å². The second kappa shape index (κ2) is 5.32. The van der Waals surface area contributed by atoms with Crippen molar-refractivity contribution in [2.45, 2.75) is 12.8 Å². The second-order valence-corrected chi connectivity index (χ2v) is 2.81. The summed E-state index contributed by atoms with van der Waals surface area (Å²) < 4.78 is 0. The van der Waals surface area contributed by atoms with Crippen molar-refractivity contribution in [1.82, 2.24) is 10.2 Å². The number of nitriles is 2. The molecule has 0 unspecified atom stereocenters. The van der Waals surface area contributed by atoms with Crippen LogP contribution in [0, 0.1) is 22.7 Å². The van der Waals surface area contributed by atoms with Crippen LogP contribution in [0.5, 0.6) is 0 Å². The molecule has 0 amide bonds. The molecule has 0 saturated heterocycles. The van der Waals surface area contributed by atoms with Crippen molar-refractivity contribution in [1.29, 1.82) is 10.5 Å². The molecule has 0 aliphatic carbocycles. The molecule has 0 radical (unpaired) electrons. The van der Waals surface area contributed by atoms with Gasteiger partial charge in [0.05, 0.1) is 30.3 Å². The summed E-state index contributed by atoms with van der Waals surface area (Å²) in [4.78, 5) is 22.9. The first-order valence-corrected chi connectivity index (χ1v) is 4.32. The minimum atomic E-state index is -0.572. The molecule has 16 heavy (non-hydrogen) atoms. The Hall–Kier alpha value is -2.60. The van der Waals surface area contributed by atoms with Gasteiger partial charge in [-0.2, -0.15) is 15.6 Å². The molecule has 0 spiro atoms. The van der Waals surface area contributed by atoms with Crippen molar-refractivity contribution >= 4 is 11.6 Å². The predicted molar refractivity (Wildman–Crippen MR) is 51.2 cm³/mol. The summed E-state index contributed by atoms with van der Waals surface area (Å²) in [6.07, 6.45) is 0.553. The lowest BCUT2D eigenvalue weighted by Crippen LogP contribution is -2.11. The van der Waals surface area contributed by atoms with E-state index >= 15 is 0 Å². The molecule has 0 aliphatic heterocycles. The summed E-state index contributed by atoms with van der Waals surface area (Å²) in [5.41, 5.74) is -0.110. The van der Waals surface area contributed by atoms with Gasteiger partial charge in [-0.3, -0.25) is 9.59 Å². The summed E-state index contributed by atoms with van der Waals surface area (Å²) in [6, 6.07) is 4.68. The van der Waals surface area contributed by atoms with Crippen molar-refractivity contribution in [3.05, 3.63) is 23.5 Å². The van der Waals surface area contributed by atoms with Crippen molar-refractivity contribution < 1.29 is 9.59 Å². The molecule has 6 heteroatoms. The fraction of sp³-hybridized carbons (Fsp3) is 0.200. The highest BCUT2D eigenvalue weighted by Gasteiger charge is 2.18. The Morgan fingerprint density at radius 2 is 1.81 bits per heavy atom. The van der Waals surface area contributed by atoms with Crippen LogP contribution in [0.25, 0.3) is 0 Å². The minimum absolute atomic E-state index is 0.0387. The standard InChI is InChI=1S/C10H6N4O2/c11-4-1-8(15)7-3-6-13-14-10(7)9(16)2-5-12/h3,6H,1-2H2. The predicted octanol–water partition coefficient (Wildman–Crippen LogP) is 0.669. The Labute approximate surface area is 91.1 Å². The van der Waals surface area contributed by atoms with E-state index in [2.05, 4.69) is 10.2 Å². The van der Waals surface area contributed by atoms with Gasteiger partial charge in [-0.1, -0.05) is 0 Å².